The Bertz CT molecular complexity index is 573. The molecular formula is C14H20IN3O. The molecule has 0 bridgehead atoms. The lowest BCUT2D eigenvalue weighted by Gasteiger charge is -2.31. The van der Waals surface area contributed by atoms with E-state index in [-0.39, 0.29) is 24.0 Å². The lowest BCUT2D eigenvalue weighted by molar-refractivity contribution is 0.305. The van der Waals surface area contributed by atoms with Gasteiger partial charge in [-0.2, -0.15) is 4.98 Å². The molecule has 19 heavy (non-hydrogen) atoms. The van der Waals surface area contributed by atoms with E-state index in [0.717, 1.165) is 48.9 Å². The van der Waals surface area contributed by atoms with Crippen molar-refractivity contribution in [3.63, 3.8) is 0 Å². The molecular weight excluding hydrogens is 353 g/mol. The maximum Gasteiger partial charge on any atom is 0.298 e. The molecule has 104 valence electrons. The number of hydrogen-bond donors (Lipinski definition) is 0. The number of aryl methyl sites for hydroxylation is 2. The molecule has 0 aliphatic carbocycles. The van der Waals surface area contributed by atoms with E-state index in [1.807, 2.05) is 0 Å². The van der Waals surface area contributed by atoms with Crippen LogP contribution >= 0.6 is 24.0 Å². The van der Waals surface area contributed by atoms with Crippen LogP contribution in [-0.2, 0) is 0 Å². The van der Waals surface area contributed by atoms with E-state index in [9.17, 15) is 0 Å². The standard InChI is InChI=1S/C14H19N3O.HI/c1-10-8-11(2)13-12(9-10)15-14(18-13)17-6-4-16(3)5-7-17;/h8-9H,4-7H2,1-3H3;1H. The van der Waals surface area contributed by atoms with Crippen LogP contribution in [0, 0.1) is 13.8 Å². The van der Waals surface area contributed by atoms with Crippen LogP contribution in [0.3, 0.4) is 0 Å². The third kappa shape index (κ3) is 2.86. The van der Waals surface area contributed by atoms with Crippen molar-refractivity contribution in [2.75, 3.05) is 38.1 Å². The number of benzene rings is 1. The second-order valence-electron chi connectivity index (χ2n) is 5.22. The largest absolute Gasteiger partial charge is 0.423 e. The number of nitrogens with zero attached hydrogens (tertiary/aromatic N) is 3. The van der Waals surface area contributed by atoms with Crippen molar-refractivity contribution in [2.45, 2.75) is 13.8 Å². The van der Waals surface area contributed by atoms with Gasteiger partial charge in [0, 0.05) is 26.2 Å². The minimum Gasteiger partial charge on any atom is -0.423 e. The summed E-state index contributed by atoms with van der Waals surface area (Å²) >= 11 is 0. The maximum atomic E-state index is 5.92. The molecule has 1 aromatic heterocycles. The molecule has 0 amide bonds. The summed E-state index contributed by atoms with van der Waals surface area (Å²) in [6.45, 7) is 8.28. The summed E-state index contributed by atoms with van der Waals surface area (Å²) in [6.07, 6.45) is 0. The van der Waals surface area contributed by atoms with Crippen LogP contribution in [0.1, 0.15) is 11.1 Å². The first-order valence-corrected chi connectivity index (χ1v) is 6.45. The van der Waals surface area contributed by atoms with E-state index in [4.69, 9.17) is 4.42 Å². The Balaban J connectivity index is 0.00000133. The molecule has 0 unspecified atom stereocenters. The van der Waals surface area contributed by atoms with Crippen LogP contribution in [0.5, 0.6) is 0 Å². The Hall–Kier alpha value is -0.820. The summed E-state index contributed by atoms with van der Waals surface area (Å²) in [5.41, 5.74) is 4.30. The predicted octanol–water partition coefficient (Wildman–Crippen LogP) is 2.81. The number of rotatable bonds is 1. The van der Waals surface area contributed by atoms with Crippen molar-refractivity contribution in [2.24, 2.45) is 0 Å². The molecule has 0 atom stereocenters. The summed E-state index contributed by atoms with van der Waals surface area (Å²) in [7, 11) is 2.15. The maximum absolute atomic E-state index is 5.92. The number of oxazole rings is 1. The zero-order chi connectivity index (χ0) is 12.7. The third-order valence-corrected chi connectivity index (χ3v) is 3.58. The number of piperazine rings is 1. The molecule has 0 radical (unpaired) electrons. The summed E-state index contributed by atoms with van der Waals surface area (Å²) in [5, 5.41) is 0. The molecule has 0 saturated carbocycles. The Kier molecular flexibility index (Phi) is 4.35. The van der Waals surface area contributed by atoms with Gasteiger partial charge in [0.15, 0.2) is 5.58 Å². The second-order valence-corrected chi connectivity index (χ2v) is 5.22. The van der Waals surface area contributed by atoms with Gasteiger partial charge >= 0.3 is 0 Å². The van der Waals surface area contributed by atoms with Crippen molar-refractivity contribution >= 4 is 41.1 Å². The van der Waals surface area contributed by atoms with Gasteiger partial charge in [-0.25, -0.2) is 0 Å². The van der Waals surface area contributed by atoms with E-state index in [2.05, 4.69) is 47.8 Å². The topological polar surface area (TPSA) is 32.5 Å². The lowest BCUT2D eigenvalue weighted by atomic mass is 10.1. The van der Waals surface area contributed by atoms with E-state index in [1.165, 1.54) is 5.56 Å². The van der Waals surface area contributed by atoms with Crippen molar-refractivity contribution < 1.29 is 4.42 Å². The smallest absolute Gasteiger partial charge is 0.298 e. The van der Waals surface area contributed by atoms with Crippen LogP contribution in [0.2, 0.25) is 0 Å². The Labute approximate surface area is 130 Å². The fourth-order valence-corrected chi connectivity index (χ4v) is 2.50. The monoisotopic (exact) mass is 373 g/mol. The summed E-state index contributed by atoms with van der Waals surface area (Å²) in [5.74, 6) is 0. The first-order valence-electron chi connectivity index (χ1n) is 6.45. The van der Waals surface area contributed by atoms with Crippen molar-refractivity contribution in [3.8, 4) is 0 Å². The molecule has 2 aromatic rings. The SMILES string of the molecule is Cc1cc(C)c2oc(N3CCN(C)CC3)nc2c1.I. The summed E-state index contributed by atoms with van der Waals surface area (Å²) in [6, 6.07) is 5.00. The second kappa shape index (κ2) is 5.66. The molecule has 1 saturated heterocycles. The number of aromatic nitrogens is 1. The van der Waals surface area contributed by atoms with Gasteiger partial charge in [-0.3, -0.25) is 0 Å². The first kappa shape index (κ1) is 14.6. The number of fused-ring (bicyclic) bond motifs is 1. The molecule has 5 heteroatoms. The zero-order valence-electron chi connectivity index (χ0n) is 11.6. The van der Waals surface area contributed by atoms with Gasteiger partial charge in [-0.15, -0.1) is 24.0 Å². The summed E-state index contributed by atoms with van der Waals surface area (Å²) in [4.78, 5) is 9.18. The molecule has 1 aliphatic rings. The van der Waals surface area contributed by atoms with Crippen molar-refractivity contribution in [1.29, 1.82) is 0 Å². The quantitative estimate of drug-likeness (QED) is 0.720. The van der Waals surface area contributed by atoms with Gasteiger partial charge in [0.2, 0.25) is 0 Å². The highest BCUT2D eigenvalue weighted by atomic mass is 127. The Morgan fingerprint density at radius 3 is 2.47 bits per heavy atom. The van der Waals surface area contributed by atoms with Crippen LogP contribution in [0.15, 0.2) is 16.5 Å². The van der Waals surface area contributed by atoms with E-state index < -0.39 is 0 Å². The molecule has 2 heterocycles. The van der Waals surface area contributed by atoms with Crippen LogP contribution < -0.4 is 4.90 Å². The van der Waals surface area contributed by atoms with E-state index >= 15 is 0 Å². The van der Waals surface area contributed by atoms with Crippen LogP contribution in [0.4, 0.5) is 6.01 Å². The van der Waals surface area contributed by atoms with Crippen molar-refractivity contribution in [1.82, 2.24) is 9.88 Å². The molecule has 4 nitrogen and oxygen atoms in total. The van der Waals surface area contributed by atoms with Crippen LogP contribution in [-0.4, -0.2) is 43.1 Å². The highest BCUT2D eigenvalue weighted by molar-refractivity contribution is 14.0. The van der Waals surface area contributed by atoms with Gasteiger partial charge in [0.25, 0.3) is 6.01 Å². The van der Waals surface area contributed by atoms with Gasteiger partial charge in [-0.05, 0) is 38.1 Å². The Morgan fingerprint density at radius 2 is 1.79 bits per heavy atom. The average Bonchev–Trinajstić information content (AvgIpc) is 2.74. The Morgan fingerprint density at radius 1 is 1.11 bits per heavy atom. The fraction of sp³-hybridized carbons (Fsp3) is 0.500. The normalized spacial score (nSPS) is 16.7. The third-order valence-electron chi connectivity index (χ3n) is 3.58. The molecule has 1 aliphatic heterocycles. The van der Waals surface area contributed by atoms with Crippen molar-refractivity contribution in [3.05, 3.63) is 23.3 Å². The van der Waals surface area contributed by atoms with Gasteiger partial charge in [0.05, 0.1) is 0 Å². The summed E-state index contributed by atoms with van der Waals surface area (Å²) < 4.78 is 5.92. The van der Waals surface area contributed by atoms with Gasteiger partial charge in [-0.1, -0.05) is 6.07 Å². The lowest BCUT2D eigenvalue weighted by Crippen LogP contribution is -2.44. The number of anilines is 1. The minimum absolute atomic E-state index is 0. The molecule has 0 N–H and O–H groups in total. The fourth-order valence-electron chi connectivity index (χ4n) is 2.50. The molecule has 1 fully saturated rings. The van der Waals surface area contributed by atoms with E-state index in [1.54, 1.807) is 0 Å². The number of hydrogen-bond acceptors (Lipinski definition) is 4. The molecule has 0 spiro atoms. The average molecular weight is 373 g/mol. The van der Waals surface area contributed by atoms with Gasteiger partial charge in [0.1, 0.15) is 5.52 Å². The van der Waals surface area contributed by atoms with Gasteiger partial charge < -0.3 is 14.2 Å². The predicted molar refractivity (Wildman–Crippen MR) is 88.6 cm³/mol. The highest BCUT2D eigenvalue weighted by Crippen LogP contribution is 2.26. The number of halogens is 1. The minimum atomic E-state index is 0. The molecule has 1 aromatic carbocycles. The molecule has 3 rings (SSSR count). The highest BCUT2D eigenvalue weighted by Gasteiger charge is 2.19. The van der Waals surface area contributed by atoms with E-state index in [0.29, 0.717) is 0 Å². The van der Waals surface area contributed by atoms with Crippen LogP contribution in [0.25, 0.3) is 11.1 Å². The number of likely N-dealkylation sites (N-methyl/N-ethyl adjacent to an activating group) is 1. The first-order chi connectivity index (χ1) is 8.63. The zero-order valence-corrected chi connectivity index (χ0v) is 14.0.